The van der Waals surface area contributed by atoms with Crippen LogP contribution < -0.4 is 5.09 Å². The van der Waals surface area contributed by atoms with E-state index in [9.17, 15) is 29.3 Å². The van der Waals surface area contributed by atoms with Gasteiger partial charge >= 0.3 is 25.7 Å². The molecule has 1 aliphatic rings. The molecule has 0 spiro atoms. The Kier molecular flexibility index (Phi) is 13.3. The van der Waals surface area contributed by atoms with Crippen molar-refractivity contribution in [3.05, 3.63) is 35.9 Å². The van der Waals surface area contributed by atoms with Crippen LogP contribution in [0.15, 0.2) is 30.3 Å². The topological polar surface area (TPSA) is 170 Å². The zero-order valence-electron chi connectivity index (χ0n) is 26.0. The maximum absolute atomic E-state index is 13.7. The van der Waals surface area contributed by atoms with Crippen molar-refractivity contribution in [2.75, 3.05) is 20.0 Å². The Hall–Kier alpha value is -2.81. The van der Waals surface area contributed by atoms with Crippen molar-refractivity contribution < 1.29 is 47.3 Å². The number of ether oxygens (including phenoxy) is 3. The number of rotatable bonds is 17. The molecular weight excluding hydrogens is 579 g/mol. The first-order chi connectivity index (χ1) is 20.1. The SMILES string of the molecule is CCC(CC)COC(=O)[C@H](C)NP(=O)(OCOC(=O)C(C)(C)C1C(C#N)OCC1C(C)(C)C(=O)O)OCc1ccccc1. The second kappa shape index (κ2) is 15.8. The molecule has 2 rings (SSSR count). The van der Waals surface area contributed by atoms with E-state index < -0.39 is 67.3 Å². The molecular formula is C30H45N2O10P. The standard InChI is InChI=1S/C30H45N2O10P/c1-8-21(9-2)16-39-26(33)20(3)32-43(37,41-17-22-13-11-10-12-14-22)42-19-40-28(36)30(6,7)25-23(18-38-24(25)15-31)29(4,5)27(34)35/h10-14,20-21,23-25H,8-9,16-19H2,1-7H3,(H,32,37)(H,34,35)/t20-,23?,24?,25?,43?/m0/s1. The third kappa shape index (κ3) is 9.59. The summed E-state index contributed by atoms with van der Waals surface area (Å²) in [5.74, 6) is -3.85. The Morgan fingerprint density at radius 2 is 1.72 bits per heavy atom. The summed E-state index contributed by atoms with van der Waals surface area (Å²) in [6, 6.07) is 9.81. The molecule has 1 saturated heterocycles. The molecule has 1 aromatic rings. The van der Waals surface area contributed by atoms with E-state index in [1.807, 2.05) is 26.0 Å². The molecule has 1 aromatic carbocycles. The number of benzene rings is 1. The van der Waals surface area contributed by atoms with Crippen LogP contribution in [0.1, 0.15) is 66.9 Å². The number of aliphatic carboxylic acids is 1. The van der Waals surface area contributed by atoms with Crippen LogP contribution >= 0.6 is 7.75 Å². The van der Waals surface area contributed by atoms with Crippen LogP contribution in [0.4, 0.5) is 0 Å². The molecule has 43 heavy (non-hydrogen) atoms. The number of nitriles is 1. The molecule has 0 aromatic heterocycles. The van der Waals surface area contributed by atoms with Gasteiger partial charge in [0, 0.05) is 11.8 Å². The number of hydrogen-bond donors (Lipinski definition) is 2. The Bertz CT molecular complexity index is 1180. The summed E-state index contributed by atoms with van der Waals surface area (Å²) in [5.41, 5.74) is -1.99. The van der Waals surface area contributed by atoms with Crippen molar-refractivity contribution in [3.63, 3.8) is 0 Å². The van der Waals surface area contributed by atoms with Crippen molar-refractivity contribution in [2.24, 2.45) is 28.6 Å². The average molecular weight is 625 g/mol. The number of esters is 2. The van der Waals surface area contributed by atoms with E-state index in [0.717, 1.165) is 12.8 Å². The third-order valence-electron chi connectivity index (χ3n) is 8.16. The fourth-order valence-corrected chi connectivity index (χ4v) is 6.21. The minimum atomic E-state index is -4.24. The van der Waals surface area contributed by atoms with Gasteiger partial charge in [-0.15, -0.1) is 0 Å². The Labute approximate surface area is 253 Å². The number of carbonyl (C=O) groups is 3. The van der Waals surface area contributed by atoms with Crippen LogP contribution in [0.5, 0.6) is 0 Å². The summed E-state index contributed by atoms with van der Waals surface area (Å²) in [7, 11) is -4.24. The fraction of sp³-hybridized carbons (Fsp3) is 0.667. The van der Waals surface area contributed by atoms with E-state index in [4.69, 9.17) is 23.3 Å². The van der Waals surface area contributed by atoms with Gasteiger partial charge in [-0.2, -0.15) is 5.26 Å². The van der Waals surface area contributed by atoms with Gasteiger partial charge in [-0.25, -0.2) is 9.65 Å². The van der Waals surface area contributed by atoms with Gasteiger partial charge in [0.15, 0.2) is 0 Å². The van der Waals surface area contributed by atoms with Gasteiger partial charge in [0.2, 0.25) is 6.79 Å². The highest BCUT2D eigenvalue weighted by atomic mass is 31.2. The molecule has 1 aliphatic heterocycles. The number of nitrogens with one attached hydrogen (secondary N) is 1. The summed E-state index contributed by atoms with van der Waals surface area (Å²) in [6.07, 6.45) is 0.637. The molecule has 13 heteroatoms. The predicted molar refractivity (Wildman–Crippen MR) is 156 cm³/mol. The zero-order chi connectivity index (χ0) is 32.4. The van der Waals surface area contributed by atoms with Gasteiger partial charge in [-0.05, 0) is 46.1 Å². The van der Waals surface area contributed by atoms with Gasteiger partial charge in [0.05, 0.1) is 36.7 Å². The van der Waals surface area contributed by atoms with Crippen LogP contribution in [-0.4, -0.2) is 55.2 Å². The lowest BCUT2D eigenvalue weighted by atomic mass is 9.62. The van der Waals surface area contributed by atoms with E-state index in [2.05, 4.69) is 5.09 Å². The molecule has 0 saturated carbocycles. The quantitative estimate of drug-likeness (QED) is 0.134. The number of nitrogens with zero attached hydrogens (tertiary/aromatic N) is 1. The van der Waals surface area contributed by atoms with Crippen LogP contribution in [-0.2, 0) is 48.8 Å². The van der Waals surface area contributed by atoms with Crippen molar-refractivity contribution in [2.45, 2.75) is 80.1 Å². The van der Waals surface area contributed by atoms with E-state index in [1.54, 1.807) is 24.3 Å². The zero-order valence-corrected chi connectivity index (χ0v) is 26.9. The molecule has 0 amide bonds. The summed E-state index contributed by atoms with van der Waals surface area (Å²) < 4.78 is 41.0. The maximum Gasteiger partial charge on any atom is 0.409 e. The Balaban J connectivity index is 2.16. The molecule has 4 unspecified atom stereocenters. The predicted octanol–water partition coefficient (Wildman–Crippen LogP) is 5.08. The van der Waals surface area contributed by atoms with Crippen LogP contribution in [0.3, 0.4) is 0 Å². The normalized spacial score (nSPS) is 21.0. The number of carbonyl (C=O) groups excluding carboxylic acids is 2. The summed E-state index contributed by atoms with van der Waals surface area (Å²) >= 11 is 0. The van der Waals surface area contributed by atoms with Crippen molar-refractivity contribution in [1.82, 2.24) is 5.09 Å². The third-order valence-corrected chi connectivity index (χ3v) is 9.78. The van der Waals surface area contributed by atoms with E-state index >= 15 is 0 Å². The monoisotopic (exact) mass is 624 g/mol. The Morgan fingerprint density at radius 3 is 2.28 bits per heavy atom. The molecule has 0 bridgehead atoms. The molecule has 240 valence electrons. The lowest BCUT2D eigenvalue weighted by molar-refractivity contribution is -0.169. The smallest absolute Gasteiger partial charge is 0.409 e. The first-order valence-corrected chi connectivity index (χ1v) is 16.0. The highest BCUT2D eigenvalue weighted by Gasteiger charge is 2.57. The molecule has 5 atom stereocenters. The molecule has 2 N–H and O–H groups in total. The van der Waals surface area contributed by atoms with Gasteiger partial charge in [0.25, 0.3) is 0 Å². The lowest BCUT2D eigenvalue weighted by Crippen LogP contribution is -2.47. The van der Waals surface area contributed by atoms with Gasteiger partial charge in [-0.3, -0.25) is 23.4 Å². The average Bonchev–Trinajstić information content (AvgIpc) is 3.43. The second-order valence-corrected chi connectivity index (χ2v) is 13.6. The maximum atomic E-state index is 13.7. The first-order valence-electron chi connectivity index (χ1n) is 14.4. The largest absolute Gasteiger partial charge is 0.481 e. The Morgan fingerprint density at radius 1 is 1.09 bits per heavy atom. The number of carboxylic acid groups (broad SMARTS) is 1. The molecule has 0 aliphatic carbocycles. The fourth-order valence-electron chi connectivity index (χ4n) is 4.90. The first kappa shape index (κ1) is 36.4. The molecule has 12 nitrogen and oxygen atoms in total. The summed E-state index contributed by atoms with van der Waals surface area (Å²) in [4.78, 5) is 37.9. The van der Waals surface area contributed by atoms with Crippen molar-refractivity contribution in [1.29, 1.82) is 5.26 Å². The van der Waals surface area contributed by atoms with E-state index in [0.29, 0.717) is 5.56 Å². The molecule has 0 radical (unpaired) electrons. The van der Waals surface area contributed by atoms with Crippen molar-refractivity contribution in [3.8, 4) is 6.07 Å². The lowest BCUT2D eigenvalue weighted by Gasteiger charge is -2.38. The van der Waals surface area contributed by atoms with Crippen LogP contribution in [0.2, 0.25) is 0 Å². The highest BCUT2D eigenvalue weighted by molar-refractivity contribution is 7.51. The number of hydrogen-bond acceptors (Lipinski definition) is 10. The summed E-state index contributed by atoms with van der Waals surface area (Å²) in [6.45, 7) is 10.8. The minimum Gasteiger partial charge on any atom is -0.481 e. The second-order valence-electron chi connectivity index (χ2n) is 11.9. The van der Waals surface area contributed by atoms with Gasteiger partial charge in [0.1, 0.15) is 12.1 Å². The van der Waals surface area contributed by atoms with E-state index in [-0.39, 0.29) is 25.7 Å². The highest BCUT2D eigenvalue weighted by Crippen LogP contribution is 2.50. The summed E-state index contributed by atoms with van der Waals surface area (Å²) in [5, 5.41) is 22.0. The number of carboxylic acids is 1. The minimum absolute atomic E-state index is 0.0207. The van der Waals surface area contributed by atoms with E-state index in [1.165, 1.54) is 34.6 Å². The van der Waals surface area contributed by atoms with Crippen LogP contribution in [0.25, 0.3) is 0 Å². The van der Waals surface area contributed by atoms with Gasteiger partial charge in [-0.1, -0.05) is 57.0 Å². The van der Waals surface area contributed by atoms with Crippen LogP contribution in [0, 0.1) is 39.9 Å². The van der Waals surface area contributed by atoms with Gasteiger partial charge < -0.3 is 19.3 Å². The van der Waals surface area contributed by atoms with Crippen molar-refractivity contribution >= 4 is 25.7 Å². The molecule has 1 fully saturated rings. The molecule has 1 heterocycles.